The molecule has 1 aromatic carbocycles. The predicted molar refractivity (Wildman–Crippen MR) is 92.5 cm³/mol. The number of hydrogen-bond acceptors (Lipinski definition) is 2. The molecule has 0 aliphatic rings. The highest BCUT2D eigenvalue weighted by molar-refractivity contribution is 5.81. The van der Waals surface area contributed by atoms with Crippen LogP contribution in [0.3, 0.4) is 0 Å². The quantitative estimate of drug-likeness (QED) is 0.567. The van der Waals surface area contributed by atoms with E-state index in [9.17, 15) is 0 Å². The van der Waals surface area contributed by atoms with E-state index in [2.05, 4.69) is 44.9 Å². The Balaban J connectivity index is 1.81. The lowest BCUT2D eigenvalue weighted by Gasteiger charge is -2.24. The Morgan fingerprint density at radius 1 is 1.27 bits per heavy atom. The summed E-state index contributed by atoms with van der Waals surface area (Å²) in [4.78, 5) is 7.66. The van der Waals surface area contributed by atoms with Crippen LogP contribution in [-0.4, -0.2) is 43.8 Å². The third-order valence-corrected chi connectivity index (χ3v) is 3.73. The van der Waals surface area contributed by atoms with Gasteiger partial charge in [-0.15, -0.1) is 0 Å². The zero-order valence-corrected chi connectivity index (χ0v) is 13.9. The minimum absolute atomic E-state index is 0.213. The van der Waals surface area contributed by atoms with Gasteiger partial charge >= 0.3 is 0 Å². The van der Waals surface area contributed by atoms with Crippen molar-refractivity contribution in [2.24, 2.45) is 4.99 Å². The van der Waals surface area contributed by atoms with Gasteiger partial charge < -0.3 is 20.4 Å². The number of aromatic amines is 1. The zero-order chi connectivity index (χ0) is 16.0. The average Bonchev–Trinajstić information content (AvgIpc) is 2.93. The number of nitrogens with zero attached hydrogens (tertiary/aromatic N) is 1. The fourth-order valence-corrected chi connectivity index (χ4v) is 2.17. The first kappa shape index (κ1) is 16.4. The first-order valence-corrected chi connectivity index (χ1v) is 7.60. The Morgan fingerprint density at radius 3 is 2.73 bits per heavy atom. The molecule has 0 fully saturated rings. The maximum Gasteiger partial charge on any atom is 0.191 e. The normalized spacial score (nSPS) is 12.6. The molecule has 0 saturated heterocycles. The molecule has 0 saturated carbocycles. The number of fused-ring (bicyclic) bond motifs is 1. The van der Waals surface area contributed by atoms with Crippen LogP contribution in [0.4, 0.5) is 0 Å². The van der Waals surface area contributed by atoms with E-state index in [-0.39, 0.29) is 5.60 Å². The van der Waals surface area contributed by atoms with Gasteiger partial charge in [-0.1, -0.05) is 18.2 Å². The Kier molecular flexibility index (Phi) is 5.44. The van der Waals surface area contributed by atoms with Gasteiger partial charge in [0, 0.05) is 44.9 Å². The van der Waals surface area contributed by atoms with Crippen LogP contribution >= 0.6 is 0 Å². The van der Waals surface area contributed by atoms with E-state index < -0.39 is 0 Å². The summed E-state index contributed by atoms with van der Waals surface area (Å²) in [5.74, 6) is 0.793. The van der Waals surface area contributed by atoms with Crippen molar-refractivity contribution in [2.75, 3.05) is 27.2 Å². The summed E-state index contributed by atoms with van der Waals surface area (Å²) in [5, 5.41) is 7.85. The smallest absolute Gasteiger partial charge is 0.191 e. The summed E-state index contributed by atoms with van der Waals surface area (Å²) in [6.45, 7) is 5.60. The number of ether oxygens (including phenoxy) is 1. The molecule has 2 aromatic rings. The number of methoxy groups -OCH3 is 1. The molecule has 0 spiro atoms. The van der Waals surface area contributed by atoms with E-state index in [1.807, 2.05) is 19.9 Å². The Hall–Kier alpha value is -2.01. The number of aromatic nitrogens is 1. The van der Waals surface area contributed by atoms with Gasteiger partial charge in [-0.25, -0.2) is 0 Å². The molecule has 120 valence electrons. The summed E-state index contributed by atoms with van der Waals surface area (Å²) in [6.07, 6.45) is 0.920. The number of H-pyrrole nitrogens is 1. The number of benzene rings is 1. The van der Waals surface area contributed by atoms with E-state index in [1.165, 1.54) is 16.6 Å². The highest BCUT2D eigenvalue weighted by Gasteiger charge is 2.16. The molecule has 0 bridgehead atoms. The highest BCUT2D eigenvalue weighted by atomic mass is 16.5. The third kappa shape index (κ3) is 4.49. The number of rotatable bonds is 6. The second kappa shape index (κ2) is 7.31. The minimum atomic E-state index is -0.213. The number of nitrogens with one attached hydrogen (secondary N) is 3. The molecular weight excluding hydrogens is 276 g/mol. The van der Waals surface area contributed by atoms with Crippen molar-refractivity contribution < 1.29 is 4.74 Å². The van der Waals surface area contributed by atoms with Crippen molar-refractivity contribution >= 4 is 16.9 Å². The van der Waals surface area contributed by atoms with Crippen LogP contribution in [0.15, 0.2) is 35.3 Å². The zero-order valence-electron chi connectivity index (χ0n) is 13.9. The van der Waals surface area contributed by atoms with Crippen molar-refractivity contribution in [3.05, 3.63) is 36.0 Å². The fraction of sp³-hybridized carbons (Fsp3) is 0.471. The van der Waals surface area contributed by atoms with Gasteiger partial charge in [-0.2, -0.15) is 0 Å². The van der Waals surface area contributed by atoms with Crippen LogP contribution in [0.2, 0.25) is 0 Å². The number of guanidine groups is 1. The highest BCUT2D eigenvalue weighted by Crippen LogP contribution is 2.14. The Labute approximate surface area is 132 Å². The van der Waals surface area contributed by atoms with Gasteiger partial charge in [0.2, 0.25) is 0 Å². The molecule has 0 aliphatic heterocycles. The first-order valence-electron chi connectivity index (χ1n) is 7.60. The van der Waals surface area contributed by atoms with Crippen molar-refractivity contribution in [3.63, 3.8) is 0 Å². The van der Waals surface area contributed by atoms with Crippen LogP contribution in [0.5, 0.6) is 0 Å². The third-order valence-electron chi connectivity index (χ3n) is 3.73. The van der Waals surface area contributed by atoms with Crippen LogP contribution in [0.1, 0.15) is 19.5 Å². The molecule has 1 aromatic heterocycles. The molecule has 0 radical (unpaired) electrons. The molecule has 1 heterocycles. The molecule has 3 N–H and O–H groups in total. The largest absolute Gasteiger partial charge is 0.377 e. The van der Waals surface area contributed by atoms with E-state index in [4.69, 9.17) is 4.74 Å². The average molecular weight is 302 g/mol. The lowest BCUT2D eigenvalue weighted by atomic mass is 10.1. The van der Waals surface area contributed by atoms with Crippen LogP contribution in [0, 0.1) is 0 Å². The summed E-state index contributed by atoms with van der Waals surface area (Å²) in [6, 6.07) is 10.5. The van der Waals surface area contributed by atoms with E-state index >= 15 is 0 Å². The van der Waals surface area contributed by atoms with Gasteiger partial charge in [0.25, 0.3) is 0 Å². The summed E-state index contributed by atoms with van der Waals surface area (Å²) < 4.78 is 5.39. The second-order valence-electron chi connectivity index (χ2n) is 5.95. The minimum Gasteiger partial charge on any atom is -0.377 e. The molecule has 5 nitrogen and oxygen atoms in total. The molecule has 2 rings (SSSR count). The summed E-state index contributed by atoms with van der Waals surface area (Å²) in [7, 11) is 3.49. The second-order valence-corrected chi connectivity index (χ2v) is 5.95. The van der Waals surface area contributed by atoms with E-state index in [0.29, 0.717) is 6.54 Å². The maximum absolute atomic E-state index is 5.39. The monoisotopic (exact) mass is 302 g/mol. The van der Waals surface area contributed by atoms with Crippen LogP contribution in [-0.2, 0) is 11.2 Å². The Morgan fingerprint density at radius 2 is 2.05 bits per heavy atom. The molecule has 0 amide bonds. The van der Waals surface area contributed by atoms with Crippen LogP contribution < -0.4 is 10.6 Å². The van der Waals surface area contributed by atoms with Gasteiger partial charge in [0.05, 0.1) is 5.60 Å². The number of aliphatic imine (C=N–C) groups is 1. The molecule has 5 heteroatoms. The van der Waals surface area contributed by atoms with E-state index in [0.717, 1.165) is 18.9 Å². The lowest BCUT2D eigenvalue weighted by Crippen LogP contribution is -2.45. The molecule has 0 atom stereocenters. The SMILES string of the molecule is CN=C(NCCc1cc2ccccc2[nH]1)NCC(C)(C)OC. The van der Waals surface area contributed by atoms with Gasteiger partial charge in [-0.3, -0.25) is 4.99 Å². The number of para-hydroxylation sites is 1. The van der Waals surface area contributed by atoms with Gasteiger partial charge in [-0.05, 0) is 31.4 Å². The number of hydrogen-bond donors (Lipinski definition) is 3. The van der Waals surface area contributed by atoms with Crippen molar-refractivity contribution in [2.45, 2.75) is 25.9 Å². The maximum atomic E-state index is 5.39. The first-order chi connectivity index (χ1) is 10.5. The Bertz CT molecular complexity index is 597. The molecule has 22 heavy (non-hydrogen) atoms. The summed E-state index contributed by atoms with van der Waals surface area (Å²) >= 11 is 0. The topological polar surface area (TPSA) is 61.4 Å². The van der Waals surface area contributed by atoms with Crippen molar-refractivity contribution in [3.8, 4) is 0 Å². The van der Waals surface area contributed by atoms with Crippen molar-refractivity contribution in [1.82, 2.24) is 15.6 Å². The predicted octanol–water partition coefficient (Wildman–Crippen LogP) is 2.30. The summed E-state index contributed by atoms with van der Waals surface area (Å²) in [5.41, 5.74) is 2.19. The van der Waals surface area contributed by atoms with Crippen molar-refractivity contribution in [1.29, 1.82) is 0 Å². The molecule has 0 unspecified atom stereocenters. The molecular formula is C17H26N4O. The van der Waals surface area contributed by atoms with Gasteiger partial charge in [0.1, 0.15) is 0 Å². The fourth-order valence-electron chi connectivity index (χ4n) is 2.17. The van der Waals surface area contributed by atoms with E-state index in [1.54, 1.807) is 14.2 Å². The molecule has 0 aliphatic carbocycles. The van der Waals surface area contributed by atoms with Gasteiger partial charge in [0.15, 0.2) is 5.96 Å². The lowest BCUT2D eigenvalue weighted by molar-refractivity contribution is 0.0268. The standard InChI is InChI=1S/C17H26N4O/c1-17(2,22-4)12-20-16(18-3)19-10-9-14-11-13-7-5-6-8-15(13)21-14/h5-8,11,21H,9-10,12H2,1-4H3,(H2,18,19,20). The van der Waals surface area contributed by atoms with Crippen LogP contribution in [0.25, 0.3) is 10.9 Å².